The van der Waals surface area contributed by atoms with Gasteiger partial charge in [-0.2, -0.15) is 0 Å². The van der Waals surface area contributed by atoms with Crippen molar-refractivity contribution in [1.29, 1.82) is 0 Å². The number of rotatable bonds is 15. The monoisotopic (exact) mass is 642 g/mol. The van der Waals surface area contributed by atoms with Crippen LogP contribution >= 0.6 is 15.6 Å². The molecule has 0 fully saturated rings. The van der Waals surface area contributed by atoms with E-state index < -0.39 is 63.4 Å². The molecule has 0 aliphatic carbocycles. The van der Waals surface area contributed by atoms with Gasteiger partial charge in [-0.15, -0.1) is 0 Å². The van der Waals surface area contributed by atoms with Gasteiger partial charge < -0.3 is 30.6 Å². The molecule has 17 heteroatoms. The number of carbonyl (C=O) groups excluding carboxylic acids is 2. The molecule has 3 rings (SSSR count). The molecule has 0 spiro atoms. The van der Waals surface area contributed by atoms with Gasteiger partial charge in [-0.25, -0.2) is 18.5 Å². The Balaban J connectivity index is 1.95. The van der Waals surface area contributed by atoms with E-state index in [9.17, 15) is 42.7 Å². The fourth-order valence-electron chi connectivity index (χ4n) is 4.51. The lowest BCUT2D eigenvalue weighted by atomic mass is 9.87. The van der Waals surface area contributed by atoms with Crippen molar-refractivity contribution < 1.29 is 51.7 Å². The summed E-state index contributed by atoms with van der Waals surface area (Å²) in [6, 6.07) is 10.8. The Morgan fingerprint density at radius 1 is 1.05 bits per heavy atom. The maximum absolute atomic E-state index is 14.0. The highest BCUT2D eigenvalue weighted by Crippen LogP contribution is 2.44. The van der Waals surface area contributed by atoms with E-state index in [0.29, 0.717) is 16.6 Å². The van der Waals surface area contributed by atoms with E-state index in [1.54, 1.807) is 24.3 Å². The zero-order valence-electron chi connectivity index (χ0n) is 23.2. The molecule has 1 aromatic heterocycles. The summed E-state index contributed by atoms with van der Waals surface area (Å²) < 4.78 is 47.2. The molecule has 234 valence electrons. The van der Waals surface area contributed by atoms with E-state index in [1.807, 2.05) is 0 Å². The van der Waals surface area contributed by atoms with E-state index in [-0.39, 0.29) is 25.0 Å². The lowest BCUT2D eigenvalue weighted by Crippen LogP contribution is -2.47. The van der Waals surface area contributed by atoms with Crippen LogP contribution in [0.2, 0.25) is 0 Å². The largest absolute Gasteiger partial charge is 0.470 e. The maximum atomic E-state index is 14.0. The number of phosphoric acid groups is 2. The molecular formula is C26H33FN4O10P2. The lowest BCUT2D eigenvalue weighted by molar-refractivity contribution is -0.123. The second-order valence-electron chi connectivity index (χ2n) is 10.5. The van der Waals surface area contributed by atoms with Gasteiger partial charge >= 0.3 is 15.6 Å². The molecule has 0 aliphatic rings. The van der Waals surface area contributed by atoms with Gasteiger partial charge in [-0.1, -0.05) is 24.3 Å². The van der Waals surface area contributed by atoms with Crippen molar-refractivity contribution >= 4 is 38.5 Å². The smallest absolute Gasteiger partial charge is 0.369 e. The van der Waals surface area contributed by atoms with Gasteiger partial charge in [0.25, 0.3) is 5.91 Å². The molecule has 2 aromatic carbocycles. The Hall–Kier alpha value is -3.13. The molecule has 0 radical (unpaired) electrons. The highest BCUT2D eigenvalue weighted by molar-refractivity contribution is 7.46. The molecule has 3 aromatic rings. The van der Waals surface area contributed by atoms with Crippen molar-refractivity contribution in [2.24, 2.45) is 11.7 Å². The Morgan fingerprint density at radius 2 is 1.72 bits per heavy atom. The van der Waals surface area contributed by atoms with Crippen LogP contribution in [0.25, 0.3) is 11.0 Å². The van der Waals surface area contributed by atoms with Crippen molar-refractivity contribution in [3.8, 4) is 0 Å². The van der Waals surface area contributed by atoms with Gasteiger partial charge in [0.1, 0.15) is 11.5 Å². The number of aromatic nitrogens is 2. The Kier molecular flexibility index (Phi) is 11.3. The number of hydrogen-bond donors (Lipinski definition) is 6. The third-order valence-corrected chi connectivity index (χ3v) is 7.72. The van der Waals surface area contributed by atoms with E-state index in [4.69, 9.17) is 14.8 Å². The molecule has 0 saturated carbocycles. The SMILES string of the molecule is CC(C)(CC[C@H](C[C@@H](OP(=O)(O)O)[C@H](Cc1cccc(F)c1)NC(=O)c1cnc2ccccc2n1)C(N)=O)OP(=O)(O)O. The summed E-state index contributed by atoms with van der Waals surface area (Å²) in [6.45, 7) is 2.76. The fraction of sp³-hybridized carbons (Fsp3) is 0.385. The average Bonchev–Trinajstić information content (AvgIpc) is 2.87. The van der Waals surface area contributed by atoms with Crippen LogP contribution in [-0.2, 0) is 29.4 Å². The standard InChI is InChI=1S/C26H33FN4O10P2/c1-26(2,41-43(37,38)39)11-10-17(24(28)32)14-23(40-42(34,35)36)21(13-16-6-5-7-18(27)12-16)31-25(33)22-15-29-19-8-3-4-9-20(19)30-22/h3-9,12,15,17,21,23H,10-11,13-14H2,1-2H3,(H2,28,32)(H,31,33)(H2,34,35,36)(H2,37,38,39)/t17-,21+,23-/m1/s1. The number of benzene rings is 2. The Morgan fingerprint density at radius 3 is 2.33 bits per heavy atom. The summed E-state index contributed by atoms with van der Waals surface area (Å²) in [5, 5.41) is 2.62. The molecule has 7 N–H and O–H groups in total. The van der Waals surface area contributed by atoms with Gasteiger partial charge in [0.15, 0.2) is 0 Å². The van der Waals surface area contributed by atoms with Crippen LogP contribution in [0, 0.1) is 11.7 Å². The predicted molar refractivity (Wildman–Crippen MR) is 152 cm³/mol. The van der Waals surface area contributed by atoms with Crippen LogP contribution in [0.1, 0.15) is 49.2 Å². The van der Waals surface area contributed by atoms with Gasteiger partial charge in [0.2, 0.25) is 5.91 Å². The molecule has 3 atom stereocenters. The molecule has 14 nitrogen and oxygen atoms in total. The Bertz CT molecular complexity index is 1550. The number of para-hydroxylation sites is 2. The van der Waals surface area contributed by atoms with Gasteiger partial charge in [-0.3, -0.25) is 23.6 Å². The van der Waals surface area contributed by atoms with E-state index >= 15 is 0 Å². The van der Waals surface area contributed by atoms with Crippen LogP contribution in [0.4, 0.5) is 4.39 Å². The minimum Gasteiger partial charge on any atom is -0.369 e. The normalized spacial score (nSPS) is 14.7. The fourth-order valence-corrected chi connectivity index (χ4v) is 5.83. The second-order valence-corrected chi connectivity index (χ2v) is 12.9. The van der Waals surface area contributed by atoms with Crippen LogP contribution in [0.15, 0.2) is 54.7 Å². The number of primary amides is 1. The summed E-state index contributed by atoms with van der Waals surface area (Å²) in [5.41, 5.74) is 5.32. The molecule has 0 saturated heterocycles. The first-order valence-electron chi connectivity index (χ1n) is 13.0. The molecule has 0 aliphatic heterocycles. The predicted octanol–water partition coefficient (Wildman–Crippen LogP) is 2.75. The number of phosphoric ester groups is 2. The summed E-state index contributed by atoms with van der Waals surface area (Å²) in [6.07, 6.45) is -1.18. The zero-order valence-corrected chi connectivity index (χ0v) is 25.0. The van der Waals surface area contributed by atoms with Crippen molar-refractivity contribution in [1.82, 2.24) is 15.3 Å². The summed E-state index contributed by atoms with van der Waals surface area (Å²) in [7, 11) is -10.1. The van der Waals surface area contributed by atoms with Crippen LogP contribution < -0.4 is 11.1 Å². The Labute approximate surface area is 246 Å². The molecule has 0 unspecified atom stereocenters. The molecule has 43 heavy (non-hydrogen) atoms. The number of halogens is 1. The number of nitrogens with two attached hydrogens (primary N) is 1. The molecular weight excluding hydrogens is 609 g/mol. The number of fused-ring (bicyclic) bond motifs is 1. The molecule has 0 bridgehead atoms. The van der Waals surface area contributed by atoms with E-state index in [2.05, 4.69) is 15.3 Å². The quantitative estimate of drug-likeness (QED) is 0.131. The van der Waals surface area contributed by atoms with Crippen molar-refractivity contribution in [2.75, 3.05) is 0 Å². The summed E-state index contributed by atoms with van der Waals surface area (Å²) in [4.78, 5) is 72.0. The lowest BCUT2D eigenvalue weighted by Gasteiger charge is -2.32. The van der Waals surface area contributed by atoms with Gasteiger partial charge in [0.05, 0.1) is 35.0 Å². The molecule has 1 heterocycles. The first-order chi connectivity index (χ1) is 19.9. The minimum absolute atomic E-state index is 0.0953. The number of nitrogens with one attached hydrogen (secondary N) is 1. The second kappa shape index (κ2) is 14.1. The third kappa shape index (κ3) is 11.5. The zero-order chi connectivity index (χ0) is 32.0. The summed E-state index contributed by atoms with van der Waals surface area (Å²) in [5.74, 6) is -3.44. The number of amides is 2. The molecule has 2 amide bonds. The highest BCUT2D eigenvalue weighted by Gasteiger charge is 2.36. The van der Waals surface area contributed by atoms with Crippen LogP contribution in [-0.4, -0.2) is 59.1 Å². The van der Waals surface area contributed by atoms with Gasteiger partial charge in [-0.05, 0) is 69.4 Å². The number of hydrogen-bond acceptors (Lipinski definition) is 8. The first-order valence-corrected chi connectivity index (χ1v) is 16.0. The summed E-state index contributed by atoms with van der Waals surface area (Å²) >= 11 is 0. The minimum atomic E-state index is -5.24. The van der Waals surface area contributed by atoms with Crippen LogP contribution in [0.5, 0.6) is 0 Å². The maximum Gasteiger partial charge on any atom is 0.470 e. The topological polar surface area (TPSA) is 231 Å². The first kappa shape index (κ1) is 34.4. The highest BCUT2D eigenvalue weighted by atomic mass is 31.2. The van der Waals surface area contributed by atoms with Crippen molar-refractivity contribution in [3.63, 3.8) is 0 Å². The van der Waals surface area contributed by atoms with Gasteiger partial charge in [0, 0.05) is 5.92 Å². The van der Waals surface area contributed by atoms with Crippen LogP contribution in [0.3, 0.4) is 0 Å². The van der Waals surface area contributed by atoms with Crippen molar-refractivity contribution in [3.05, 3.63) is 71.8 Å². The third-order valence-electron chi connectivity index (χ3n) is 6.44. The van der Waals surface area contributed by atoms with E-state index in [0.717, 1.165) is 6.07 Å². The van der Waals surface area contributed by atoms with E-state index in [1.165, 1.54) is 38.2 Å². The number of nitrogens with zero attached hydrogens (tertiary/aromatic N) is 2. The number of carbonyl (C=O) groups is 2. The van der Waals surface area contributed by atoms with Crippen molar-refractivity contribution in [2.45, 2.75) is 57.3 Å². The average molecular weight is 643 g/mol.